The van der Waals surface area contributed by atoms with Gasteiger partial charge in [0.1, 0.15) is 5.02 Å². The van der Waals surface area contributed by atoms with Gasteiger partial charge in [-0.1, -0.05) is 23.3 Å². The largest absolute Gasteiger partial charge is 0.289 e. The van der Waals surface area contributed by atoms with Gasteiger partial charge in [0.2, 0.25) is 10.0 Å². The first-order valence-electron chi connectivity index (χ1n) is 5.31. The van der Waals surface area contributed by atoms with Crippen molar-refractivity contribution in [2.45, 2.75) is 18.7 Å². The van der Waals surface area contributed by atoms with Gasteiger partial charge < -0.3 is 0 Å². The molecule has 0 atom stereocenters. The summed E-state index contributed by atoms with van der Waals surface area (Å²) in [7, 11) is -3.79. The van der Waals surface area contributed by atoms with E-state index in [0.29, 0.717) is 0 Å². The van der Waals surface area contributed by atoms with Gasteiger partial charge in [0.15, 0.2) is 0 Å². The molecule has 1 aromatic carbocycles. The molecular formula is C11H13ClN2O4S. The van der Waals surface area contributed by atoms with Crippen molar-refractivity contribution in [3.8, 4) is 0 Å². The molecular weight excluding hydrogens is 292 g/mol. The minimum atomic E-state index is -3.79. The van der Waals surface area contributed by atoms with Crippen molar-refractivity contribution >= 4 is 27.3 Å². The average Bonchev–Trinajstić information content (AvgIpc) is 2.27. The van der Waals surface area contributed by atoms with Gasteiger partial charge in [0.05, 0.1) is 9.82 Å². The molecule has 1 aromatic rings. The molecule has 0 aliphatic carbocycles. The molecule has 1 N–H and O–H groups in total. The summed E-state index contributed by atoms with van der Waals surface area (Å²) < 4.78 is 26.1. The van der Waals surface area contributed by atoms with Crippen LogP contribution in [0, 0.1) is 10.1 Å². The van der Waals surface area contributed by atoms with Gasteiger partial charge in [-0.3, -0.25) is 10.1 Å². The number of allylic oxidation sites excluding steroid dienone is 1. The Labute approximate surface area is 116 Å². The van der Waals surface area contributed by atoms with Gasteiger partial charge in [0.25, 0.3) is 5.69 Å². The van der Waals surface area contributed by atoms with Crippen LogP contribution in [0.15, 0.2) is 34.7 Å². The van der Waals surface area contributed by atoms with Gasteiger partial charge in [-0.2, -0.15) is 0 Å². The molecule has 0 saturated carbocycles. The van der Waals surface area contributed by atoms with Gasteiger partial charge in [-0.25, -0.2) is 13.1 Å². The molecule has 6 nitrogen and oxygen atoms in total. The van der Waals surface area contributed by atoms with E-state index < -0.39 is 20.6 Å². The van der Waals surface area contributed by atoms with Crippen LogP contribution < -0.4 is 4.72 Å². The quantitative estimate of drug-likeness (QED) is 0.514. The maximum Gasteiger partial charge on any atom is 0.289 e. The van der Waals surface area contributed by atoms with Crippen molar-refractivity contribution in [3.63, 3.8) is 0 Å². The summed E-state index contributed by atoms with van der Waals surface area (Å²) in [6.07, 6.45) is 1.70. The van der Waals surface area contributed by atoms with Crippen molar-refractivity contribution in [3.05, 3.63) is 45.0 Å². The number of nitro benzene ring substituents is 1. The van der Waals surface area contributed by atoms with Crippen molar-refractivity contribution in [2.24, 2.45) is 0 Å². The van der Waals surface area contributed by atoms with Crippen LogP contribution in [0.3, 0.4) is 0 Å². The van der Waals surface area contributed by atoms with Gasteiger partial charge in [-0.05, 0) is 26.0 Å². The lowest BCUT2D eigenvalue weighted by Crippen LogP contribution is -2.24. The first kappa shape index (κ1) is 15.6. The fourth-order valence-electron chi connectivity index (χ4n) is 1.24. The summed E-state index contributed by atoms with van der Waals surface area (Å²) in [4.78, 5) is 9.79. The predicted octanol–water partition coefficient (Wildman–Crippen LogP) is 2.49. The van der Waals surface area contributed by atoms with E-state index in [-0.39, 0.29) is 16.5 Å². The fraction of sp³-hybridized carbons (Fsp3) is 0.273. The molecule has 1 rings (SSSR count). The second-order valence-corrected chi connectivity index (χ2v) is 6.18. The molecule has 19 heavy (non-hydrogen) atoms. The SMILES string of the molecule is CC(C)=CCNS(=O)(=O)c1ccc(Cl)c([N+](=O)[O-])c1. The second-order valence-electron chi connectivity index (χ2n) is 4.00. The summed E-state index contributed by atoms with van der Waals surface area (Å²) in [5.74, 6) is 0. The highest BCUT2D eigenvalue weighted by molar-refractivity contribution is 7.89. The number of rotatable bonds is 5. The number of benzene rings is 1. The average molecular weight is 305 g/mol. The van der Waals surface area contributed by atoms with Gasteiger partial charge >= 0.3 is 0 Å². The van der Waals surface area contributed by atoms with E-state index in [1.165, 1.54) is 12.1 Å². The fourth-order valence-corrected chi connectivity index (χ4v) is 2.41. The molecule has 0 bridgehead atoms. The molecule has 0 spiro atoms. The van der Waals surface area contributed by atoms with Crippen molar-refractivity contribution in [1.82, 2.24) is 4.72 Å². The Kier molecular flexibility index (Phi) is 5.04. The van der Waals surface area contributed by atoms with Crippen LogP contribution in [0.4, 0.5) is 5.69 Å². The predicted molar refractivity (Wildman–Crippen MR) is 72.7 cm³/mol. The van der Waals surface area contributed by atoms with Crippen LogP contribution in [-0.2, 0) is 10.0 Å². The van der Waals surface area contributed by atoms with Gasteiger partial charge in [0, 0.05) is 12.6 Å². The Morgan fingerprint density at radius 3 is 2.63 bits per heavy atom. The maximum absolute atomic E-state index is 11.9. The molecule has 0 amide bonds. The molecule has 0 saturated heterocycles. The smallest absolute Gasteiger partial charge is 0.258 e. The van der Waals surface area contributed by atoms with E-state index in [0.717, 1.165) is 11.6 Å². The maximum atomic E-state index is 11.9. The third-order valence-corrected chi connectivity index (χ3v) is 3.95. The highest BCUT2D eigenvalue weighted by atomic mass is 35.5. The standard InChI is InChI=1S/C11H13ClN2O4S/c1-8(2)5-6-13-19(17,18)9-3-4-10(12)11(7-9)14(15)16/h3-5,7,13H,6H2,1-2H3. The Morgan fingerprint density at radius 2 is 2.11 bits per heavy atom. The van der Waals surface area contributed by atoms with Crippen molar-refractivity contribution in [2.75, 3.05) is 6.54 Å². The Bertz CT molecular complexity index is 622. The Morgan fingerprint density at radius 1 is 1.47 bits per heavy atom. The van der Waals surface area contributed by atoms with E-state index in [9.17, 15) is 18.5 Å². The molecule has 0 aliphatic heterocycles. The molecule has 0 aliphatic rings. The summed E-state index contributed by atoms with van der Waals surface area (Å²) in [5.41, 5.74) is 0.525. The van der Waals surface area contributed by atoms with E-state index in [2.05, 4.69) is 4.72 Å². The van der Waals surface area contributed by atoms with E-state index in [4.69, 9.17) is 11.6 Å². The zero-order chi connectivity index (χ0) is 14.6. The number of sulfonamides is 1. The topological polar surface area (TPSA) is 89.3 Å². The number of hydrogen-bond donors (Lipinski definition) is 1. The van der Waals surface area contributed by atoms with Crippen LogP contribution in [0.25, 0.3) is 0 Å². The lowest BCUT2D eigenvalue weighted by Gasteiger charge is -2.05. The number of halogens is 1. The normalized spacial score (nSPS) is 11.1. The highest BCUT2D eigenvalue weighted by Gasteiger charge is 2.19. The molecule has 0 fully saturated rings. The van der Waals surface area contributed by atoms with E-state index in [1.807, 2.05) is 13.8 Å². The summed E-state index contributed by atoms with van der Waals surface area (Å²) in [6, 6.07) is 3.35. The highest BCUT2D eigenvalue weighted by Crippen LogP contribution is 2.26. The molecule has 0 unspecified atom stereocenters. The molecule has 0 radical (unpaired) electrons. The molecule has 8 heteroatoms. The van der Waals surface area contributed by atoms with Crippen molar-refractivity contribution in [1.29, 1.82) is 0 Å². The number of nitrogens with zero attached hydrogens (tertiary/aromatic N) is 1. The minimum Gasteiger partial charge on any atom is -0.258 e. The van der Waals surface area contributed by atoms with Crippen molar-refractivity contribution < 1.29 is 13.3 Å². The molecule has 104 valence electrons. The zero-order valence-electron chi connectivity index (χ0n) is 10.4. The Balaban J connectivity index is 3.05. The van der Waals surface area contributed by atoms with E-state index in [1.54, 1.807) is 6.08 Å². The number of nitro groups is 1. The third kappa shape index (κ3) is 4.30. The molecule has 0 aromatic heterocycles. The van der Waals surface area contributed by atoms with Crippen LogP contribution in [0.1, 0.15) is 13.8 Å². The minimum absolute atomic E-state index is 0.103. The lowest BCUT2D eigenvalue weighted by atomic mass is 10.3. The number of nitrogens with one attached hydrogen (secondary N) is 1. The van der Waals surface area contributed by atoms with Gasteiger partial charge in [-0.15, -0.1) is 0 Å². The first-order valence-corrected chi connectivity index (χ1v) is 7.17. The molecule has 0 heterocycles. The summed E-state index contributed by atoms with van der Waals surface area (Å²) >= 11 is 5.62. The van der Waals surface area contributed by atoms with Crippen LogP contribution in [0.2, 0.25) is 5.02 Å². The van der Waals surface area contributed by atoms with Crippen LogP contribution in [-0.4, -0.2) is 19.9 Å². The summed E-state index contributed by atoms with van der Waals surface area (Å²) in [6.45, 7) is 3.80. The third-order valence-electron chi connectivity index (χ3n) is 2.21. The first-order chi connectivity index (χ1) is 8.74. The Hall–Kier alpha value is -1.44. The number of hydrogen-bond acceptors (Lipinski definition) is 4. The van der Waals surface area contributed by atoms with Crippen LogP contribution in [0.5, 0.6) is 0 Å². The second kappa shape index (κ2) is 6.14. The van der Waals surface area contributed by atoms with Crippen LogP contribution >= 0.6 is 11.6 Å². The monoisotopic (exact) mass is 304 g/mol. The van der Waals surface area contributed by atoms with E-state index >= 15 is 0 Å². The lowest BCUT2D eigenvalue weighted by molar-refractivity contribution is -0.384. The zero-order valence-corrected chi connectivity index (χ0v) is 12.0. The summed E-state index contributed by atoms with van der Waals surface area (Å²) in [5, 5.41) is 10.6.